The minimum absolute atomic E-state index is 0.122. The molecule has 4 nitrogen and oxygen atoms in total. The number of halogens is 1. The van der Waals surface area contributed by atoms with Gasteiger partial charge in [0, 0.05) is 13.5 Å². The van der Waals surface area contributed by atoms with Crippen molar-refractivity contribution in [1.29, 1.82) is 0 Å². The molecule has 1 amide bonds. The Hall–Kier alpha value is -1.26. The second kappa shape index (κ2) is 6.61. The van der Waals surface area contributed by atoms with E-state index in [9.17, 15) is 9.90 Å². The minimum Gasteiger partial charge on any atom is -0.390 e. The molecule has 0 heterocycles. The molecular formula is C13H19ClN2O2. The Labute approximate surface area is 112 Å². The molecule has 0 saturated heterocycles. The third-order valence-electron chi connectivity index (χ3n) is 2.49. The van der Waals surface area contributed by atoms with Crippen LogP contribution in [0.25, 0.3) is 0 Å². The van der Waals surface area contributed by atoms with Gasteiger partial charge in [0.1, 0.15) is 0 Å². The highest BCUT2D eigenvalue weighted by Gasteiger charge is 2.10. The normalized spacial score (nSPS) is 12.1. The summed E-state index contributed by atoms with van der Waals surface area (Å²) in [7, 11) is 0. The van der Waals surface area contributed by atoms with Gasteiger partial charge in [-0.3, -0.25) is 4.79 Å². The van der Waals surface area contributed by atoms with Crippen LogP contribution in [0.1, 0.15) is 18.1 Å². The molecule has 1 aromatic rings. The molecule has 0 aliphatic heterocycles. The number of anilines is 2. The smallest absolute Gasteiger partial charge is 0.221 e. The van der Waals surface area contributed by atoms with Crippen molar-refractivity contribution in [2.75, 3.05) is 23.1 Å². The van der Waals surface area contributed by atoms with Crippen LogP contribution in [0.3, 0.4) is 0 Å². The van der Waals surface area contributed by atoms with E-state index in [2.05, 4.69) is 10.6 Å². The van der Waals surface area contributed by atoms with Crippen molar-refractivity contribution < 1.29 is 9.90 Å². The van der Waals surface area contributed by atoms with Crippen molar-refractivity contribution in [3.63, 3.8) is 0 Å². The molecular weight excluding hydrogens is 252 g/mol. The highest BCUT2D eigenvalue weighted by atomic mass is 35.5. The minimum atomic E-state index is -0.613. The van der Waals surface area contributed by atoms with Gasteiger partial charge in [0.2, 0.25) is 5.91 Å². The fourth-order valence-corrected chi connectivity index (χ4v) is 1.84. The molecule has 0 aromatic heterocycles. The van der Waals surface area contributed by atoms with Crippen molar-refractivity contribution in [3.8, 4) is 0 Å². The van der Waals surface area contributed by atoms with Gasteiger partial charge in [-0.05, 0) is 31.0 Å². The highest BCUT2D eigenvalue weighted by molar-refractivity contribution is 6.18. The number of nitrogens with one attached hydrogen (secondary N) is 2. The largest absolute Gasteiger partial charge is 0.390 e. The summed E-state index contributed by atoms with van der Waals surface area (Å²) in [6.07, 6.45) is -0.613. The lowest BCUT2D eigenvalue weighted by Crippen LogP contribution is -2.22. The van der Waals surface area contributed by atoms with Gasteiger partial charge in [0.05, 0.1) is 23.4 Å². The lowest BCUT2D eigenvalue weighted by molar-refractivity contribution is -0.114. The number of carbonyl (C=O) groups excluding carboxylic acids is 1. The highest BCUT2D eigenvalue weighted by Crippen LogP contribution is 2.27. The van der Waals surface area contributed by atoms with Crippen LogP contribution in [0, 0.1) is 13.8 Å². The van der Waals surface area contributed by atoms with Crippen LogP contribution in [0.2, 0.25) is 0 Å². The summed E-state index contributed by atoms with van der Waals surface area (Å²) in [5.41, 5.74) is 3.61. The van der Waals surface area contributed by atoms with Gasteiger partial charge in [-0.25, -0.2) is 0 Å². The summed E-state index contributed by atoms with van der Waals surface area (Å²) in [6, 6.07) is 3.92. The van der Waals surface area contributed by atoms with Crippen LogP contribution in [0.15, 0.2) is 12.1 Å². The topological polar surface area (TPSA) is 61.4 Å². The van der Waals surface area contributed by atoms with Crippen LogP contribution in [-0.4, -0.2) is 29.5 Å². The zero-order chi connectivity index (χ0) is 13.7. The molecule has 0 aliphatic rings. The fraction of sp³-hybridized carbons (Fsp3) is 0.462. The average molecular weight is 271 g/mol. The Bertz CT molecular complexity index is 435. The zero-order valence-electron chi connectivity index (χ0n) is 10.9. The number of aliphatic hydroxyl groups is 1. The monoisotopic (exact) mass is 270 g/mol. The van der Waals surface area contributed by atoms with E-state index >= 15 is 0 Å². The fourth-order valence-electron chi connectivity index (χ4n) is 1.73. The number of hydrogen-bond donors (Lipinski definition) is 3. The van der Waals surface area contributed by atoms with E-state index in [1.807, 2.05) is 26.0 Å². The van der Waals surface area contributed by atoms with E-state index in [0.29, 0.717) is 6.54 Å². The summed E-state index contributed by atoms with van der Waals surface area (Å²) >= 11 is 5.55. The van der Waals surface area contributed by atoms with Gasteiger partial charge in [-0.15, -0.1) is 11.6 Å². The van der Waals surface area contributed by atoms with Crippen LogP contribution < -0.4 is 10.6 Å². The number of hydrogen-bond acceptors (Lipinski definition) is 3. The van der Waals surface area contributed by atoms with Crippen LogP contribution in [0.5, 0.6) is 0 Å². The van der Waals surface area contributed by atoms with Crippen molar-refractivity contribution in [2.24, 2.45) is 0 Å². The molecule has 0 aliphatic carbocycles. The predicted octanol–water partition coefficient (Wildman–Crippen LogP) is 2.27. The molecule has 0 radical (unpaired) electrons. The van der Waals surface area contributed by atoms with Crippen molar-refractivity contribution >= 4 is 28.9 Å². The maximum Gasteiger partial charge on any atom is 0.221 e. The van der Waals surface area contributed by atoms with E-state index in [4.69, 9.17) is 11.6 Å². The molecule has 5 heteroatoms. The molecule has 1 atom stereocenters. The Morgan fingerprint density at radius 2 is 2.11 bits per heavy atom. The van der Waals surface area contributed by atoms with E-state index in [1.54, 1.807) is 0 Å². The van der Waals surface area contributed by atoms with Crippen LogP contribution >= 0.6 is 11.6 Å². The zero-order valence-corrected chi connectivity index (χ0v) is 11.6. The first kappa shape index (κ1) is 14.8. The Kier molecular flexibility index (Phi) is 5.44. The molecule has 1 aromatic carbocycles. The first-order valence-electron chi connectivity index (χ1n) is 5.80. The van der Waals surface area contributed by atoms with E-state index in [1.165, 1.54) is 6.92 Å². The van der Waals surface area contributed by atoms with Gasteiger partial charge in [-0.2, -0.15) is 0 Å². The van der Waals surface area contributed by atoms with Gasteiger partial charge < -0.3 is 15.7 Å². The quantitative estimate of drug-likeness (QED) is 0.720. The summed E-state index contributed by atoms with van der Waals surface area (Å²) in [6.45, 7) is 5.73. The molecule has 0 saturated carbocycles. The molecule has 3 N–H and O–H groups in total. The second-order valence-electron chi connectivity index (χ2n) is 4.37. The summed E-state index contributed by atoms with van der Waals surface area (Å²) in [4.78, 5) is 11.2. The first-order chi connectivity index (χ1) is 8.43. The van der Waals surface area contributed by atoms with Crippen molar-refractivity contribution in [3.05, 3.63) is 23.3 Å². The summed E-state index contributed by atoms with van der Waals surface area (Å²) in [5.74, 6) is 0.0516. The average Bonchev–Trinajstić information content (AvgIpc) is 2.29. The molecule has 0 spiro atoms. The number of amides is 1. The molecule has 0 bridgehead atoms. The molecule has 100 valence electrons. The van der Waals surface area contributed by atoms with Gasteiger partial charge in [0.15, 0.2) is 0 Å². The number of benzene rings is 1. The van der Waals surface area contributed by atoms with Gasteiger partial charge in [0.25, 0.3) is 0 Å². The van der Waals surface area contributed by atoms with Crippen molar-refractivity contribution in [1.82, 2.24) is 0 Å². The third-order valence-corrected chi connectivity index (χ3v) is 2.84. The lowest BCUT2D eigenvalue weighted by Gasteiger charge is -2.17. The van der Waals surface area contributed by atoms with Crippen molar-refractivity contribution in [2.45, 2.75) is 26.9 Å². The SMILES string of the molecule is CC(=O)Nc1c(C)cc(C)cc1NCC(O)CCl. The van der Waals surface area contributed by atoms with E-state index in [0.717, 1.165) is 22.5 Å². The molecule has 1 rings (SSSR count). The number of alkyl halides is 1. The Balaban J connectivity index is 2.95. The Morgan fingerprint density at radius 3 is 2.67 bits per heavy atom. The third kappa shape index (κ3) is 4.20. The van der Waals surface area contributed by atoms with Crippen LogP contribution in [0.4, 0.5) is 11.4 Å². The number of carbonyl (C=O) groups is 1. The van der Waals surface area contributed by atoms with Crippen LogP contribution in [-0.2, 0) is 4.79 Å². The summed E-state index contributed by atoms with van der Waals surface area (Å²) < 4.78 is 0. The Morgan fingerprint density at radius 1 is 1.44 bits per heavy atom. The second-order valence-corrected chi connectivity index (χ2v) is 4.68. The molecule has 18 heavy (non-hydrogen) atoms. The molecule has 0 fully saturated rings. The standard InChI is InChI=1S/C13H19ClN2O2/c1-8-4-9(2)13(16-10(3)17)12(5-8)15-7-11(18)6-14/h4-5,11,15,18H,6-7H2,1-3H3,(H,16,17). The lowest BCUT2D eigenvalue weighted by atomic mass is 10.1. The number of aryl methyl sites for hydroxylation is 2. The first-order valence-corrected chi connectivity index (χ1v) is 6.34. The number of aliphatic hydroxyl groups excluding tert-OH is 1. The predicted molar refractivity (Wildman–Crippen MR) is 75.4 cm³/mol. The van der Waals surface area contributed by atoms with Gasteiger partial charge in [-0.1, -0.05) is 6.07 Å². The maximum absolute atomic E-state index is 11.2. The van der Waals surface area contributed by atoms with Gasteiger partial charge >= 0.3 is 0 Å². The summed E-state index contributed by atoms with van der Waals surface area (Å²) in [5, 5.41) is 15.3. The number of rotatable bonds is 5. The van der Waals surface area contributed by atoms with E-state index in [-0.39, 0.29) is 11.8 Å². The van der Waals surface area contributed by atoms with E-state index < -0.39 is 6.10 Å². The maximum atomic E-state index is 11.2. The molecule has 1 unspecified atom stereocenters.